The topological polar surface area (TPSA) is 30.4 Å². The molecule has 0 saturated carbocycles. The van der Waals surface area contributed by atoms with Gasteiger partial charge in [0.05, 0.1) is 28.1 Å². The average molecular weight is 823 g/mol. The smallest absolute Gasteiger partial charge is 0.160 e. The number of allylic oxidation sites excluding steroid dienone is 3. The largest absolute Gasteiger partial charge is 0.454 e. The van der Waals surface area contributed by atoms with E-state index in [1.54, 1.807) is 0 Å². The van der Waals surface area contributed by atoms with Crippen LogP contribution in [0, 0.1) is 5.92 Å². The summed E-state index contributed by atoms with van der Waals surface area (Å²) in [6.45, 7) is 2.36. The molecule has 4 heteroatoms. The number of aliphatic imine (C=N–C) groups is 1. The number of para-hydroxylation sites is 1. The lowest BCUT2D eigenvalue weighted by Crippen LogP contribution is -2.16. The van der Waals surface area contributed by atoms with Crippen LogP contribution in [0.1, 0.15) is 35.6 Å². The number of benzene rings is 9. The summed E-state index contributed by atoms with van der Waals surface area (Å²) in [5, 5.41) is 12.2. The normalized spacial score (nSPS) is 16.7. The molecule has 14 rings (SSSR count). The third-order valence-corrected chi connectivity index (χ3v) is 15.0. The lowest BCUT2D eigenvalue weighted by molar-refractivity contribution is 0.666. The van der Waals surface area contributed by atoms with Gasteiger partial charge in [-0.15, -0.1) is 11.3 Å². The number of fused-ring (bicyclic) bond motifs is 17. The zero-order chi connectivity index (χ0) is 41.3. The molecular formula is C59H38N2OS. The maximum atomic E-state index is 7.06. The average Bonchev–Trinajstić information content (AvgIpc) is 4.00. The van der Waals surface area contributed by atoms with Gasteiger partial charge in [0.15, 0.2) is 5.58 Å². The lowest BCUT2D eigenvalue weighted by atomic mass is 9.84. The van der Waals surface area contributed by atoms with Crippen molar-refractivity contribution in [3.63, 3.8) is 0 Å². The first-order chi connectivity index (χ1) is 31.1. The molecular weight excluding hydrogens is 785 g/mol. The number of hydrogen-bond donors (Lipinski definition) is 0. The number of hydrogen-bond acceptors (Lipinski definition) is 3. The Morgan fingerprint density at radius 2 is 1.30 bits per heavy atom. The standard InChI is InChI=1S/C59H38N2OS/c1-34-21-25-41-45-27-28-46-43-15-6-8-19-53(43)62-58(46)57(45)61-51-30-35(22-26-42(51)49-32-38-13-4-5-14-39(38)33-52(49)61)29-50(41)56(40-24-23-36-11-2-3-12-37(36)31-40)60-55(34)48-18-10-17-47-44-16-7-9-20-54(44)63-59(47)48/h2-20,22-28,30-34H,21,29H2,1H3/b41-25?,56-50-,60-55?. The van der Waals surface area contributed by atoms with Crippen LogP contribution in [0.4, 0.5) is 0 Å². The van der Waals surface area contributed by atoms with Crippen molar-refractivity contribution in [1.82, 2.24) is 4.57 Å². The first kappa shape index (κ1) is 35.1. The van der Waals surface area contributed by atoms with E-state index in [1.165, 1.54) is 85.8 Å². The molecule has 1 atom stereocenters. The molecule has 0 radical (unpaired) electrons. The van der Waals surface area contributed by atoms with Crippen molar-refractivity contribution >= 4 is 114 Å². The van der Waals surface area contributed by atoms with E-state index in [4.69, 9.17) is 9.41 Å². The van der Waals surface area contributed by atoms with Crippen molar-refractivity contribution in [3.05, 3.63) is 210 Å². The monoisotopic (exact) mass is 822 g/mol. The zero-order valence-electron chi connectivity index (χ0n) is 34.5. The molecule has 0 N–H and O–H groups in total. The van der Waals surface area contributed by atoms with Gasteiger partial charge < -0.3 is 8.98 Å². The molecule has 1 unspecified atom stereocenters. The van der Waals surface area contributed by atoms with Gasteiger partial charge in [0.25, 0.3) is 0 Å². The minimum Gasteiger partial charge on any atom is -0.454 e. The van der Waals surface area contributed by atoms with E-state index < -0.39 is 0 Å². The molecule has 3 aromatic heterocycles. The molecule has 12 aromatic rings. The van der Waals surface area contributed by atoms with Crippen LogP contribution in [-0.4, -0.2) is 10.3 Å². The van der Waals surface area contributed by atoms with Crippen LogP contribution < -0.4 is 0 Å². The molecule has 0 amide bonds. The molecule has 2 aliphatic heterocycles. The van der Waals surface area contributed by atoms with Crippen LogP contribution in [0.25, 0.3) is 102 Å². The van der Waals surface area contributed by atoms with Crippen LogP contribution in [0.2, 0.25) is 0 Å². The Kier molecular flexibility index (Phi) is 7.38. The van der Waals surface area contributed by atoms with Crippen LogP contribution in [0.3, 0.4) is 0 Å². The fourth-order valence-electron chi connectivity index (χ4n) is 10.8. The first-order valence-corrected chi connectivity index (χ1v) is 22.8. The molecule has 0 spiro atoms. The highest BCUT2D eigenvalue weighted by Crippen LogP contribution is 2.48. The minimum atomic E-state index is 0.128. The fourth-order valence-corrected chi connectivity index (χ4v) is 12.0. The van der Waals surface area contributed by atoms with Gasteiger partial charge in [0.2, 0.25) is 0 Å². The second-order valence-corrected chi connectivity index (χ2v) is 18.5. The van der Waals surface area contributed by atoms with Gasteiger partial charge in [-0.25, -0.2) is 0 Å². The molecule has 2 bridgehead atoms. The van der Waals surface area contributed by atoms with E-state index in [-0.39, 0.29) is 5.92 Å². The van der Waals surface area contributed by atoms with E-state index >= 15 is 0 Å². The molecule has 5 heterocycles. The van der Waals surface area contributed by atoms with Gasteiger partial charge in [0, 0.05) is 70.7 Å². The molecule has 0 aliphatic carbocycles. The summed E-state index contributed by atoms with van der Waals surface area (Å²) in [7, 11) is 0. The number of furan rings is 1. The lowest BCUT2D eigenvalue weighted by Gasteiger charge is -2.25. The molecule has 9 aromatic carbocycles. The van der Waals surface area contributed by atoms with Crippen molar-refractivity contribution in [3.8, 4) is 5.69 Å². The van der Waals surface area contributed by atoms with Gasteiger partial charge in [-0.3, -0.25) is 4.99 Å². The number of aromatic nitrogens is 1. The maximum absolute atomic E-state index is 7.06. The van der Waals surface area contributed by atoms with Crippen LogP contribution in [0.15, 0.2) is 197 Å². The van der Waals surface area contributed by atoms with E-state index in [0.29, 0.717) is 6.42 Å². The fraction of sp³-hybridized carbons (Fsp3) is 0.0678. The van der Waals surface area contributed by atoms with Gasteiger partial charge in [0.1, 0.15) is 5.58 Å². The minimum absolute atomic E-state index is 0.128. The van der Waals surface area contributed by atoms with Crippen molar-refractivity contribution < 1.29 is 4.42 Å². The molecule has 0 saturated heterocycles. The van der Waals surface area contributed by atoms with E-state index in [1.807, 2.05) is 11.3 Å². The van der Waals surface area contributed by atoms with Crippen LogP contribution in [-0.2, 0) is 6.42 Å². The van der Waals surface area contributed by atoms with E-state index in [2.05, 4.69) is 193 Å². The Labute approximate surface area is 367 Å². The summed E-state index contributed by atoms with van der Waals surface area (Å²) in [4.78, 5) is 6.03. The summed E-state index contributed by atoms with van der Waals surface area (Å²) in [6.07, 6.45) is 4.06. The summed E-state index contributed by atoms with van der Waals surface area (Å²) < 4.78 is 12.2. The Bertz CT molecular complexity index is 4060. The highest BCUT2D eigenvalue weighted by atomic mass is 32.1. The van der Waals surface area contributed by atoms with Crippen molar-refractivity contribution in [2.24, 2.45) is 10.9 Å². The van der Waals surface area contributed by atoms with Crippen molar-refractivity contribution in [1.29, 1.82) is 0 Å². The molecule has 2 aliphatic rings. The third kappa shape index (κ3) is 5.16. The predicted molar refractivity (Wildman–Crippen MR) is 268 cm³/mol. The summed E-state index contributed by atoms with van der Waals surface area (Å²) in [5.41, 5.74) is 14.6. The number of rotatable bonds is 2. The Hall–Kier alpha value is -7.53. The summed E-state index contributed by atoms with van der Waals surface area (Å²) in [5.74, 6) is 0.128. The highest BCUT2D eigenvalue weighted by Gasteiger charge is 2.30. The quantitative estimate of drug-likeness (QED) is 0.171. The van der Waals surface area contributed by atoms with Gasteiger partial charge >= 0.3 is 0 Å². The Balaban J connectivity index is 1.13. The second-order valence-electron chi connectivity index (χ2n) is 17.4. The molecule has 296 valence electrons. The summed E-state index contributed by atoms with van der Waals surface area (Å²) >= 11 is 1.88. The number of nitrogens with zero attached hydrogens (tertiary/aromatic N) is 2. The second kappa shape index (κ2) is 13.2. The zero-order valence-corrected chi connectivity index (χ0v) is 35.3. The molecule has 3 nitrogen and oxygen atoms in total. The Morgan fingerprint density at radius 3 is 2.19 bits per heavy atom. The van der Waals surface area contributed by atoms with Crippen molar-refractivity contribution in [2.75, 3.05) is 0 Å². The third-order valence-electron chi connectivity index (χ3n) is 13.8. The maximum Gasteiger partial charge on any atom is 0.160 e. The Morgan fingerprint density at radius 1 is 0.571 bits per heavy atom. The van der Waals surface area contributed by atoms with Gasteiger partial charge in [-0.1, -0.05) is 146 Å². The van der Waals surface area contributed by atoms with E-state index in [9.17, 15) is 0 Å². The molecule has 63 heavy (non-hydrogen) atoms. The molecule has 0 fully saturated rings. The van der Waals surface area contributed by atoms with Gasteiger partial charge in [-0.2, -0.15) is 0 Å². The van der Waals surface area contributed by atoms with Crippen LogP contribution in [0.5, 0.6) is 0 Å². The highest BCUT2D eigenvalue weighted by molar-refractivity contribution is 7.26. The number of thiophene rings is 1. The summed E-state index contributed by atoms with van der Waals surface area (Å²) in [6, 6.07) is 64.9. The van der Waals surface area contributed by atoms with Crippen LogP contribution >= 0.6 is 11.3 Å². The van der Waals surface area contributed by atoms with Gasteiger partial charge in [-0.05, 0) is 87.1 Å². The predicted octanol–water partition coefficient (Wildman–Crippen LogP) is 16.2. The SMILES string of the molecule is CC1CC=C2/C(=C(/c3ccc4ccccc4c3)N=C1c1cccc3c1sc1ccccc13)Cc1ccc3c4cc5ccccc5cc4n(c3c1)-c1c2ccc2c1oc1ccccc12. The van der Waals surface area contributed by atoms with E-state index in [0.717, 1.165) is 56.6 Å². The first-order valence-electron chi connectivity index (χ1n) is 22.0. The van der Waals surface area contributed by atoms with Crippen molar-refractivity contribution in [2.45, 2.75) is 19.8 Å².